The summed E-state index contributed by atoms with van der Waals surface area (Å²) in [4.78, 5) is 9.98. The van der Waals surface area contributed by atoms with Crippen LogP contribution in [-0.4, -0.2) is 28.5 Å². The maximum absolute atomic E-state index is 13.4. The molecule has 0 aliphatic carbocycles. The molecule has 0 fully saturated rings. The van der Waals surface area contributed by atoms with E-state index in [0.29, 0.717) is 10.6 Å². The number of alkyl halides is 3. The second-order valence-electron chi connectivity index (χ2n) is 5.74. The quantitative estimate of drug-likeness (QED) is 0.597. The minimum atomic E-state index is -4.63. The van der Waals surface area contributed by atoms with E-state index in [1.165, 1.54) is 12.2 Å². The van der Waals surface area contributed by atoms with Gasteiger partial charge in [-0.05, 0) is 46.6 Å². The number of esters is 1. The van der Waals surface area contributed by atoms with Crippen LogP contribution in [0.25, 0.3) is 11.3 Å². The monoisotopic (exact) mass is 506 g/mol. The molecule has 1 atom stereocenters. The van der Waals surface area contributed by atoms with Crippen molar-refractivity contribution in [3.05, 3.63) is 57.2 Å². The lowest BCUT2D eigenvalue weighted by molar-refractivity contribution is -0.150. The Balaban J connectivity index is 0.000000386. The lowest BCUT2D eigenvalue weighted by Crippen LogP contribution is -2.16. The Hall–Kier alpha value is -2.32. The van der Waals surface area contributed by atoms with Crippen LogP contribution < -0.4 is 0 Å². The van der Waals surface area contributed by atoms with Gasteiger partial charge in [0.25, 0.3) is 0 Å². The lowest BCUT2D eigenvalue weighted by atomic mass is 10.1. The molecule has 0 amide bonds. The van der Waals surface area contributed by atoms with Crippen LogP contribution in [0.5, 0.6) is 0 Å². The number of ether oxygens (including phenoxy) is 2. The number of cyclic esters (lactones) is 1. The first-order chi connectivity index (χ1) is 14.1. The molecule has 1 aliphatic rings. The predicted molar refractivity (Wildman–Crippen MR) is 105 cm³/mol. The number of benzene rings is 1. The first-order valence-corrected chi connectivity index (χ1v) is 9.57. The summed E-state index contributed by atoms with van der Waals surface area (Å²) in [6.07, 6.45) is -3.17. The summed E-state index contributed by atoms with van der Waals surface area (Å²) in [5, 5.41) is 18.1. The zero-order valence-corrected chi connectivity index (χ0v) is 17.8. The highest BCUT2D eigenvalue weighted by atomic mass is 79.9. The van der Waals surface area contributed by atoms with Gasteiger partial charge in [0.1, 0.15) is 18.5 Å². The molecule has 30 heavy (non-hydrogen) atoms. The number of carbonyl (C=O) groups is 1. The van der Waals surface area contributed by atoms with E-state index in [-0.39, 0.29) is 29.1 Å². The van der Waals surface area contributed by atoms with Crippen LogP contribution in [0.2, 0.25) is 5.02 Å². The van der Waals surface area contributed by atoms with Crippen molar-refractivity contribution in [2.45, 2.75) is 26.1 Å². The molecule has 160 valence electrons. The van der Waals surface area contributed by atoms with Crippen molar-refractivity contribution < 1.29 is 32.5 Å². The standard InChI is InChI=1S/C15H11BrClF3N2O.C4H4O3/c1-2-23-8-22-13(9-3-5-10(17)6-4-9)11(7-21)12(16)14(22)15(18,19)20;5-3-1-2-4(6)7-3/h3-6H,2,8H2,1H3;1-3,5H. The van der Waals surface area contributed by atoms with Crippen molar-refractivity contribution in [2.75, 3.05) is 6.61 Å². The molecule has 0 saturated heterocycles. The van der Waals surface area contributed by atoms with E-state index in [1.54, 1.807) is 31.2 Å². The van der Waals surface area contributed by atoms with Crippen LogP contribution in [0.4, 0.5) is 13.2 Å². The van der Waals surface area contributed by atoms with Gasteiger partial charge in [0.05, 0.1) is 15.7 Å². The number of aliphatic hydroxyl groups excluding tert-OH is 1. The van der Waals surface area contributed by atoms with Gasteiger partial charge in [-0.1, -0.05) is 23.7 Å². The van der Waals surface area contributed by atoms with Gasteiger partial charge < -0.3 is 19.1 Å². The predicted octanol–water partition coefficient (Wildman–Crippen LogP) is 4.87. The fraction of sp³-hybridized carbons (Fsp3) is 0.263. The fourth-order valence-corrected chi connectivity index (χ4v) is 3.39. The Labute approximate surface area is 183 Å². The zero-order valence-electron chi connectivity index (χ0n) is 15.4. The molecule has 11 heteroatoms. The highest BCUT2D eigenvalue weighted by Crippen LogP contribution is 2.43. The molecule has 3 rings (SSSR count). The van der Waals surface area contributed by atoms with Gasteiger partial charge in [-0.15, -0.1) is 0 Å². The molecule has 2 heterocycles. The van der Waals surface area contributed by atoms with E-state index in [1.807, 2.05) is 6.07 Å². The highest BCUT2D eigenvalue weighted by molar-refractivity contribution is 9.10. The van der Waals surface area contributed by atoms with Crippen LogP contribution >= 0.6 is 27.5 Å². The van der Waals surface area contributed by atoms with E-state index in [2.05, 4.69) is 20.7 Å². The van der Waals surface area contributed by atoms with E-state index >= 15 is 0 Å². The summed E-state index contributed by atoms with van der Waals surface area (Å²) in [6.45, 7) is 1.61. The van der Waals surface area contributed by atoms with Gasteiger partial charge in [-0.2, -0.15) is 18.4 Å². The third-order valence-corrected chi connectivity index (χ3v) is 4.78. The van der Waals surface area contributed by atoms with Crippen LogP contribution in [0.3, 0.4) is 0 Å². The first kappa shape index (κ1) is 24.0. The maximum atomic E-state index is 13.4. The number of halogens is 5. The Morgan fingerprint density at radius 3 is 2.40 bits per heavy atom. The summed E-state index contributed by atoms with van der Waals surface area (Å²) < 4.78 is 50.2. The number of aromatic nitrogens is 1. The Bertz CT molecular complexity index is 982. The van der Waals surface area contributed by atoms with Crippen molar-refractivity contribution in [1.82, 2.24) is 4.57 Å². The largest absolute Gasteiger partial charge is 0.432 e. The Kier molecular flexibility index (Phi) is 8.09. The summed E-state index contributed by atoms with van der Waals surface area (Å²) in [5.74, 6) is -0.479. The number of hydrogen-bond acceptors (Lipinski definition) is 5. The molecule has 2 aromatic rings. The van der Waals surface area contributed by atoms with Gasteiger partial charge in [0.15, 0.2) is 0 Å². The number of nitriles is 1. The Morgan fingerprint density at radius 2 is 2.00 bits per heavy atom. The molecular weight excluding hydrogens is 493 g/mol. The van der Waals surface area contributed by atoms with Crippen LogP contribution in [0.1, 0.15) is 18.2 Å². The topological polar surface area (TPSA) is 84.5 Å². The fourth-order valence-electron chi connectivity index (χ4n) is 2.55. The van der Waals surface area contributed by atoms with Crippen molar-refractivity contribution >= 4 is 33.5 Å². The van der Waals surface area contributed by atoms with Gasteiger partial charge in [0.2, 0.25) is 6.29 Å². The SMILES string of the molecule is CCOCn1c(-c2ccc(Cl)cc2)c(C#N)c(Br)c1C(F)(F)F.O=C1C=CC(O)O1. The molecule has 1 aromatic heterocycles. The minimum absolute atomic E-state index is 0.0978. The second-order valence-corrected chi connectivity index (χ2v) is 6.97. The molecule has 0 radical (unpaired) electrons. The van der Waals surface area contributed by atoms with Crippen molar-refractivity contribution in [3.8, 4) is 17.3 Å². The molecule has 0 bridgehead atoms. The van der Waals surface area contributed by atoms with Crippen LogP contribution in [0, 0.1) is 11.3 Å². The van der Waals surface area contributed by atoms with E-state index in [4.69, 9.17) is 21.4 Å². The van der Waals surface area contributed by atoms with Gasteiger partial charge >= 0.3 is 12.1 Å². The average molecular weight is 508 g/mol. The third-order valence-electron chi connectivity index (χ3n) is 3.76. The number of carbonyl (C=O) groups excluding carboxylic acids is 1. The highest BCUT2D eigenvalue weighted by Gasteiger charge is 2.40. The van der Waals surface area contributed by atoms with Crippen LogP contribution in [0.15, 0.2) is 40.9 Å². The molecule has 6 nitrogen and oxygen atoms in total. The molecular formula is C19H15BrClF3N2O4. The normalized spacial score (nSPS) is 15.4. The second kappa shape index (κ2) is 10.1. The van der Waals surface area contributed by atoms with Gasteiger partial charge in [-0.3, -0.25) is 0 Å². The molecule has 1 aromatic carbocycles. The van der Waals surface area contributed by atoms with Gasteiger partial charge in [0, 0.05) is 17.7 Å². The smallest absolute Gasteiger partial charge is 0.429 e. The zero-order chi connectivity index (χ0) is 22.5. The summed E-state index contributed by atoms with van der Waals surface area (Å²) >= 11 is 8.73. The molecule has 1 unspecified atom stereocenters. The lowest BCUT2D eigenvalue weighted by Gasteiger charge is -2.15. The molecule has 1 N–H and O–H groups in total. The number of nitrogens with zero attached hydrogens (tertiary/aromatic N) is 2. The summed E-state index contributed by atoms with van der Waals surface area (Å²) in [5.41, 5.74) is -0.467. The van der Waals surface area contributed by atoms with E-state index in [0.717, 1.165) is 4.57 Å². The number of hydrogen-bond donors (Lipinski definition) is 1. The average Bonchev–Trinajstić information content (AvgIpc) is 3.19. The molecule has 0 spiro atoms. The van der Waals surface area contributed by atoms with E-state index < -0.39 is 24.1 Å². The molecule has 1 aliphatic heterocycles. The van der Waals surface area contributed by atoms with Crippen molar-refractivity contribution in [3.63, 3.8) is 0 Å². The summed E-state index contributed by atoms with van der Waals surface area (Å²) in [7, 11) is 0. The van der Waals surface area contributed by atoms with Crippen LogP contribution in [-0.2, 0) is 27.2 Å². The number of aliphatic hydroxyl groups is 1. The maximum Gasteiger partial charge on any atom is 0.432 e. The third kappa shape index (κ3) is 5.64. The molecule has 0 saturated carbocycles. The minimum Gasteiger partial charge on any atom is -0.429 e. The van der Waals surface area contributed by atoms with Crippen molar-refractivity contribution in [2.24, 2.45) is 0 Å². The van der Waals surface area contributed by atoms with Crippen molar-refractivity contribution in [1.29, 1.82) is 5.26 Å². The first-order valence-electron chi connectivity index (χ1n) is 8.40. The number of rotatable bonds is 4. The van der Waals surface area contributed by atoms with Gasteiger partial charge in [-0.25, -0.2) is 4.79 Å². The Morgan fingerprint density at radius 1 is 1.37 bits per heavy atom. The summed E-state index contributed by atoms with van der Waals surface area (Å²) in [6, 6.07) is 8.06. The van der Waals surface area contributed by atoms with E-state index in [9.17, 15) is 23.2 Å².